The smallest absolute Gasteiger partial charge is 0.163 e. The molecule has 7 heteroatoms. The van der Waals surface area contributed by atoms with Gasteiger partial charge in [0.1, 0.15) is 30.2 Å². The third-order valence-electron chi connectivity index (χ3n) is 5.98. The van der Waals surface area contributed by atoms with Gasteiger partial charge in [0.05, 0.1) is 18.2 Å². The monoisotopic (exact) mass is 441 g/mol. The Hall–Kier alpha value is -2.42. The van der Waals surface area contributed by atoms with Crippen LogP contribution in [0.1, 0.15) is 36.8 Å². The van der Waals surface area contributed by atoms with E-state index in [9.17, 15) is 20.4 Å². The van der Waals surface area contributed by atoms with Crippen molar-refractivity contribution in [2.24, 2.45) is 0 Å². The Bertz CT molecular complexity index is 1060. The zero-order valence-electron chi connectivity index (χ0n) is 18.5. The van der Waals surface area contributed by atoms with Crippen molar-refractivity contribution in [1.82, 2.24) is 4.57 Å². The molecule has 1 aromatic heterocycles. The Kier molecular flexibility index (Phi) is 6.55. The van der Waals surface area contributed by atoms with Crippen LogP contribution in [-0.2, 0) is 11.2 Å². The van der Waals surface area contributed by atoms with Crippen molar-refractivity contribution in [2.75, 3.05) is 6.61 Å². The average molecular weight is 442 g/mol. The minimum atomic E-state index is -1.43. The molecule has 0 aliphatic carbocycles. The number of aromatic nitrogens is 1. The third kappa shape index (κ3) is 4.27. The van der Waals surface area contributed by atoms with Gasteiger partial charge in [-0.05, 0) is 62.1 Å². The van der Waals surface area contributed by atoms with Crippen LogP contribution in [0.3, 0.4) is 0 Å². The van der Waals surface area contributed by atoms with E-state index in [2.05, 4.69) is 0 Å². The fourth-order valence-electron chi connectivity index (χ4n) is 4.42. The summed E-state index contributed by atoms with van der Waals surface area (Å²) in [6, 6.07) is 13.9. The maximum Gasteiger partial charge on any atom is 0.163 e. The molecule has 1 saturated heterocycles. The molecule has 0 spiro atoms. The fraction of sp³-hybridized carbons (Fsp3) is 0.440. The predicted octanol–water partition coefficient (Wildman–Crippen LogP) is 2.30. The van der Waals surface area contributed by atoms with Crippen molar-refractivity contribution in [1.29, 1.82) is 0 Å². The van der Waals surface area contributed by atoms with Crippen molar-refractivity contribution in [3.05, 3.63) is 65.4 Å². The number of aryl methyl sites for hydroxylation is 1. The van der Waals surface area contributed by atoms with E-state index in [1.807, 2.05) is 69.4 Å². The van der Waals surface area contributed by atoms with Crippen LogP contribution in [0.25, 0.3) is 10.9 Å². The molecule has 2 heterocycles. The van der Waals surface area contributed by atoms with Gasteiger partial charge in [-0.15, -0.1) is 0 Å². The number of rotatable bonds is 6. The number of hydrogen-bond donors (Lipinski definition) is 4. The molecule has 0 unspecified atom stereocenters. The second-order valence-electron chi connectivity index (χ2n) is 8.74. The SMILES string of the molecule is Cc1cccc2c1c(Cc1ccc(OC(C)C)cc1)cn2[C@@H]1O[C@H](CO)[C@@H](O)[C@H](O)[C@H]1O. The van der Waals surface area contributed by atoms with E-state index in [1.165, 1.54) is 0 Å². The lowest BCUT2D eigenvalue weighted by Crippen LogP contribution is -2.56. The largest absolute Gasteiger partial charge is 0.491 e. The van der Waals surface area contributed by atoms with E-state index in [0.29, 0.717) is 6.42 Å². The highest BCUT2D eigenvalue weighted by molar-refractivity contribution is 5.87. The van der Waals surface area contributed by atoms with Crippen LogP contribution < -0.4 is 4.74 Å². The van der Waals surface area contributed by atoms with Crippen LogP contribution in [0.4, 0.5) is 0 Å². The van der Waals surface area contributed by atoms with Crippen LogP contribution in [0, 0.1) is 6.92 Å². The summed E-state index contributed by atoms with van der Waals surface area (Å²) in [7, 11) is 0. The van der Waals surface area contributed by atoms with Crippen LogP contribution in [0.2, 0.25) is 0 Å². The van der Waals surface area contributed by atoms with Gasteiger partial charge in [0.15, 0.2) is 6.23 Å². The van der Waals surface area contributed by atoms with Crippen molar-refractivity contribution in [2.45, 2.75) is 63.9 Å². The normalized spacial score (nSPS) is 26.1. The van der Waals surface area contributed by atoms with Gasteiger partial charge in [-0.2, -0.15) is 0 Å². The standard InChI is InChI=1S/C25H31NO6/c1-14(2)31-18-9-7-16(8-10-18)11-17-12-26(19-6-4-5-15(3)21(17)19)25-24(30)23(29)22(28)20(13-27)32-25/h4-10,12,14,20,22-25,27-30H,11,13H2,1-3H3/t20-,22-,23+,24-,25-/m1/s1. The number of aliphatic hydroxyl groups is 4. The summed E-state index contributed by atoms with van der Waals surface area (Å²) in [6.45, 7) is 5.55. The molecule has 1 aliphatic rings. The molecular formula is C25H31NO6. The number of hydrogen-bond acceptors (Lipinski definition) is 6. The number of ether oxygens (including phenoxy) is 2. The Morgan fingerprint density at radius 2 is 1.72 bits per heavy atom. The van der Waals surface area contributed by atoms with E-state index in [1.54, 1.807) is 4.57 Å². The lowest BCUT2D eigenvalue weighted by Gasteiger charge is -2.40. The summed E-state index contributed by atoms with van der Waals surface area (Å²) >= 11 is 0. The van der Waals surface area contributed by atoms with Gasteiger partial charge in [0.2, 0.25) is 0 Å². The molecule has 1 aliphatic heterocycles. The number of benzene rings is 2. The Balaban J connectivity index is 1.71. The minimum Gasteiger partial charge on any atom is -0.491 e. The molecule has 172 valence electrons. The van der Waals surface area contributed by atoms with Gasteiger partial charge in [-0.25, -0.2) is 0 Å². The van der Waals surface area contributed by atoms with Crippen LogP contribution in [0.5, 0.6) is 5.75 Å². The molecule has 0 bridgehead atoms. The summed E-state index contributed by atoms with van der Waals surface area (Å²) < 4.78 is 13.3. The van der Waals surface area contributed by atoms with Gasteiger partial charge < -0.3 is 34.5 Å². The summed E-state index contributed by atoms with van der Waals surface area (Å²) in [4.78, 5) is 0. The van der Waals surface area contributed by atoms with Crippen molar-refractivity contribution >= 4 is 10.9 Å². The molecule has 0 saturated carbocycles. The molecule has 7 nitrogen and oxygen atoms in total. The molecule has 4 rings (SSSR count). The molecule has 3 aromatic rings. The first-order valence-electron chi connectivity index (χ1n) is 10.9. The molecule has 4 N–H and O–H groups in total. The quantitative estimate of drug-likeness (QED) is 0.468. The molecular weight excluding hydrogens is 410 g/mol. The molecule has 2 aromatic carbocycles. The highest BCUT2D eigenvalue weighted by Crippen LogP contribution is 2.35. The molecule has 0 radical (unpaired) electrons. The Labute approximate surface area is 187 Å². The number of fused-ring (bicyclic) bond motifs is 1. The topological polar surface area (TPSA) is 104 Å². The number of nitrogens with zero attached hydrogens (tertiary/aromatic N) is 1. The molecule has 1 fully saturated rings. The Morgan fingerprint density at radius 1 is 1.00 bits per heavy atom. The summed E-state index contributed by atoms with van der Waals surface area (Å²) in [5.41, 5.74) is 4.09. The highest BCUT2D eigenvalue weighted by atomic mass is 16.6. The van der Waals surface area contributed by atoms with E-state index >= 15 is 0 Å². The van der Waals surface area contributed by atoms with Crippen LogP contribution >= 0.6 is 0 Å². The van der Waals surface area contributed by atoms with Gasteiger partial charge >= 0.3 is 0 Å². The lowest BCUT2D eigenvalue weighted by molar-refractivity contribution is -0.250. The highest BCUT2D eigenvalue weighted by Gasteiger charge is 2.44. The number of aliphatic hydroxyl groups excluding tert-OH is 4. The van der Waals surface area contributed by atoms with E-state index in [0.717, 1.165) is 33.3 Å². The summed E-state index contributed by atoms with van der Waals surface area (Å²) in [6.07, 6.45) is -3.37. The summed E-state index contributed by atoms with van der Waals surface area (Å²) in [5, 5.41) is 41.7. The van der Waals surface area contributed by atoms with Crippen LogP contribution in [0.15, 0.2) is 48.7 Å². The molecule has 32 heavy (non-hydrogen) atoms. The Morgan fingerprint density at radius 3 is 2.38 bits per heavy atom. The maximum atomic E-state index is 10.7. The summed E-state index contributed by atoms with van der Waals surface area (Å²) in [5.74, 6) is 0.823. The van der Waals surface area contributed by atoms with Crippen molar-refractivity contribution in [3.63, 3.8) is 0 Å². The minimum absolute atomic E-state index is 0.111. The second-order valence-corrected chi connectivity index (χ2v) is 8.74. The first kappa shape index (κ1) is 22.8. The zero-order valence-corrected chi connectivity index (χ0v) is 18.5. The first-order valence-corrected chi connectivity index (χ1v) is 10.9. The van der Waals surface area contributed by atoms with Gasteiger partial charge in [0.25, 0.3) is 0 Å². The first-order chi connectivity index (χ1) is 15.3. The fourth-order valence-corrected chi connectivity index (χ4v) is 4.42. The van der Waals surface area contributed by atoms with Crippen molar-refractivity contribution in [3.8, 4) is 5.75 Å². The maximum absolute atomic E-state index is 10.7. The predicted molar refractivity (Wildman–Crippen MR) is 121 cm³/mol. The van der Waals surface area contributed by atoms with E-state index < -0.39 is 37.3 Å². The average Bonchev–Trinajstić information content (AvgIpc) is 3.13. The zero-order chi connectivity index (χ0) is 23.0. The van der Waals surface area contributed by atoms with Gasteiger partial charge in [-0.3, -0.25) is 0 Å². The van der Waals surface area contributed by atoms with E-state index in [4.69, 9.17) is 9.47 Å². The van der Waals surface area contributed by atoms with Gasteiger partial charge in [-0.1, -0.05) is 24.3 Å². The van der Waals surface area contributed by atoms with E-state index in [-0.39, 0.29) is 6.10 Å². The molecule has 0 amide bonds. The lowest BCUT2D eigenvalue weighted by atomic mass is 9.98. The van der Waals surface area contributed by atoms with Gasteiger partial charge in [0, 0.05) is 11.6 Å². The molecule has 5 atom stereocenters. The third-order valence-corrected chi connectivity index (χ3v) is 5.98. The van der Waals surface area contributed by atoms with Crippen molar-refractivity contribution < 1.29 is 29.9 Å². The second kappa shape index (κ2) is 9.21. The van der Waals surface area contributed by atoms with Crippen LogP contribution in [-0.4, -0.2) is 62.1 Å².